The summed E-state index contributed by atoms with van der Waals surface area (Å²) in [5.41, 5.74) is 0. The number of carbonyl (C=O) groups excluding carboxylic acids is 3. The molecule has 0 bridgehead atoms. The van der Waals surface area contributed by atoms with Crippen molar-refractivity contribution in [1.82, 2.24) is 9.80 Å². The number of hydrogen-bond acceptors (Lipinski definition) is 3. The summed E-state index contributed by atoms with van der Waals surface area (Å²) < 4.78 is 0. The van der Waals surface area contributed by atoms with Crippen molar-refractivity contribution in [3.05, 3.63) is 0 Å². The fourth-order valence-corrected chi connectivity index (χ4v) is 3.01. The molecule has 2 saturated heterocycles. The number of carbonyl (C=O) groups is 3. The zero-order valence-corrected chi connectivity index (χ0v) is 17.0. The molecule has 146 valence electrons. The Balaban J connectivity index is 0.00000134. The van der Waals surface area contributed by atoms with Crippen LogP contribution in [0.15, 0.2) is 0 Å². The second kappa shape index (κ2) is 13.9. The molecule has 2 aliphatic heterocycles. The van der Waals surface area contributed by atoms with Gasteiger partial charge in [0, 0.05) is 38.9 Å². The largest absolute Gasteiger partial charge is 0.343 e. The maximum atomic E-state index is 12.0. The summed E-state index contributed by atoms with van der Waals surface area (Å²) in [6.45, 7) is 12.6. The van der Waals surface area contributed by atoms with E-state index < -0.39 is 0 Å². The van der Waals surface area contributed by atoms with Gasteiger partial charge in [-0.3, -0.25) is 19.3 Å². The standard InChI is InChI=1S/C16H26N2O3.2C2H6/c1-13-8-11-17(12-9-13)14(19)5-3-2-4-10-18-15(20)6-7-16(18)21;2*1-2/h13H,2-12H2,1H3;2*1-2H3. The average molecular weight is 355 g/mol. The van der Waals surface area contributed by atoms with Crippen LogP contribution in [-0.2, 0) is 14.4 Å². The number of hydrogen-bond donors (Lipinski definition) is 0. The molecule has 2 aliphatic rings. The quantitative estimate of drug-likeness (QED) is 0.535. The van der Waals surface area contributed by atoms with Crippen molar-refractivity contribution in [3.63, 3.8) is 0 Å². The summed E-state index contributed by atoms with van der Waals surface area (Å²) in [5.74, 6) is 0.914. The van der Waals surface area contributed by atoms with Crippen LogP contribution in [0, 0.1) is 5.92 Å². The maximum Gasteiger partial charge on any atom is 0.229 e. The first-order chi connectivity index (χ1) is 12.1. The van der Waals surface area contributed by atoms with Crippen LogP contribution in [0.4, 0.5) is 0 Å². The Morgan fingerprint density at radius 3 is 1.96 bits per heavy atom. The molecule has 0 radical (unpaired) electrons. The van der Waals surface area contributed by atoms with Gasteiger partial charge >= 0.3 is 0 Å². The third kappa shape index (κ3) is 8.50. The smallest absolute Gasteiger partial charge is 0.229 e. The topological polar surface area (TPSA) is 57.7 Å². The van der Waals surface area contributed by atoms with Crippen LogP contribution in [0.25, 0.3) is 0 Å². The summed E-state index contributed by atoms with van der Waals surface area (Å²) in [7, 11) is 0. The highest BCUT2D eigenvalue weighted by Gasteiger charge is 2.27. The number of amides is 3. The number of imide groups is 1. The van der Waals surface area contributed by atoms with Crippen molar-refractivity contribution in [3.8, 4) is 0 Å². The average Bonchev–Trinajstić information content (AvgIpc) is 2.97. The Kier molecular flexibility index (Phi) is 13.1. The van der Waals surface area contributed by atoms with Gasteiger partial charge in [0.25, 0.3) is 0 Å². The Bertz CT molecular complexity index is 386. The van der Waals surface area contributed by atoms with Gasteiger partial charge in [-0.15, -0.1) is 0 Å². The first-order valence-electron chi connectivity index (χ1n) is 10.2. The Morgan fingerprint density at radius 2 is 1.44 bits per heavy atom. The van der Waals surface area contributed by atoms with E-state index in [1.807, 2.05) is 32.6 Å². The summed E-state index contributed by atoms with van der Waals surface area (Å²) in [6.07, 6.45) is 6.11. The van der Waals surface area contributed by atoms with E-state index in [1.54, 1.807) is 0 Å². The van der Waals surface area contributed by atoms with Crippen LogP contribution in [0.2, 0.25) is 0 Å². The minimum atomic E-state index is -0.0430. The Hall–Kier alpha value is -1.39. The first kappa shape index (κ1) is 23.6. The fraction of sp³-hybridized carbons (Fsp3) is 0.850. The van der Waals surface area contributed by atoms with Crippen LogP contribution in [-0.4, -0.2) is 47.2 Å². The molecular weight excluding hydrogens is 316 g/mol. The molecule has 0 aromatic heterocycles. The van der Waals surface area contributed by atoms with Gasteiger partial charge in [-0.1, -0.05) is 41.0 Å². The molecule has 25 heavy (non-hydrogen) atoms. The lowest BCUT2D eigenvalue weighted by molar-refractivity contribution is -0.138. The zero-order valence-electron chi connectivity index (χ0n) is 17.0. The van der Waals surface area contributed by atoms with E-state index in [0.29, 0.717) is 25.8 Å². The molecule has 2 fully saturated rings. The summed E-state index contributed by atoms with van der Waals surface area (Å²) in [4.78, 5) is 38.3. The number of piperidine rings is 1. The number of likely N-dealkylation sites (tertiary alicyclic amines) is 2. The van der Waals surface area contributed by atoms with Crippen molar-refractivity contribution in [2.45, 2.75) is 86.0 Å². The molecule has 2 rings (SSSR count). The highest BCUT2D eigenvalue weighted by Crippen LogP contribution is 2.18. The SMILES string of the molecule is CC.CC.CC1CCN(C(=O)CCCCCN2C(=O)CCC2=O)CC1. The molecule has 0 atom stereocenters. The van der Waals surface area contributed by atoms with E-state index in [0.717, 1.165) is 51.1 Å². The lowest BCUT2D eigenvalue weighted by atomic mass is 9.99. The summed E-state index contributed by atoms with van der Waals surface area (Å²) in [5, 5.41) is 0. The van der Waals surface area contributed by atoms with Crippen molar-refractivity contribution >= 4 is 17.7 Å². The molecule has 0 unspecified atom stereocenters. The number of unbranched alkanes of at least 4 members (excludes halogenated alkanes) is 2. The van der Waals surface area contributed by atoms with Gasteiger partial charge in [0.15, 0.2) is 0 Å². The van der Waals surface area contributed by atoms with E-state index >= 15 is 0 Å². The van der Waals surface area contributed by atoms with Crippen LogP contribution in [0.1, 0.15) is 86.0 Å². The molecule has 0 saturated carbocycles. The van der Waals surface area contributed by atoms with Crippen molar-refractivity contribution in [1.29, 1.82) is 0 Å². The van der Waals surface area contributed by atoms with E-state index in [2.05, 4.69) is 6.92 Å². The maximum absolute atomic E-state index is 12.0. The first-order valence-corrected chi connectivity index (χ1v) is 10.2. The molecular formula is C20H38N2O3. The second-order valence-corrected chi connectivity index (χ2v) is 6.31. The van der Waals surface area contributed by atoms with Gasteiger partial charge < -0.3 is 4.90 Å². The Morgan fingerprint density at radius 1 is 0.920 bits per heavy atom. The molecule has 0 spiro atoms. The minimum absolute atomic E-state index is 0.0430. The van der Waals surface area contributed by atoms with E-state index in [1.165, 1.54) is 4.90 Å². The molecule has 5 nitrogen and oxygen atoms in total. The third-order valence-electron chi connectivity index (χ3n) is 4.56. The van der Waals surface area contributed by atoms with Crippen LogP contribution in [0.3, 0.4) is 0 Å². The highest BCUT2D eigenvalue weighted by atomic mass is 16.2. The number of rotatable bonds is 6. The molecule has 0 aromatic rings. The lowest BCUT2D eigenvalue weighted by Crippen LogP contribution is -2.37. The zero-order chi connectivity index (χ0) is 19.2. The summed E-state index contributed by atoms with van der Waals surface area (Å²) >= 11 is 0. The van der Waals surface area contributed by atoms with Crippen molar-refractivity contribution < 1.29 is 14.4 Å². The van der Waals surface area contributed by atoms with E-state index in [9.17, 15) is 14.4 Å². The predicted molar refractivity (Wildman–Crippen MR) is 102 cm³/mol. The third-order valence-corrected chi connectivity index (χ3v) is 4.56. The predicted octanol–water partition coefficient (Wildman–Crippen LogP) is 4.01. The second-order valence-electron chi connectivity index (χ2n) is 6.31. The normalized spacial score (nSPS) is 17.6. The monoisotopic (exact) mass is 354 g/mol. The van der Waals surface area contributed by atoms with Crippen LogP contribution in [0.5, 0.6) is 0 Å². The van der Waals surface area contributed by atoms with E-state index in [4.69, 9.17) is 0 Å². The van der Waals surface area contributed by atoms with Crippen molar-refractivity contribution in [2.24, 2.45) is 5.92 Å². The molecule has 0 N–H and O–H groups in total. The van der Waals surface area contributed by atoms with Gasteiger partial charge in [0.2, 0.25) is 17.7 Å². The van der Waals surface area contributed by atoms with E-state index in [-0.39, 0.29) is 17.7 Å². The van der Waals surface area contributed by atoms with Gasteiger partial charge in [0.1, 0.15) is 0 Å². The fourth-order valence-electron chi connectivity index (χ4n) is 3.01. The van der Waals surface area contributed by atoms with Gasteiger partial charge in [-0.05, 0) is 31.6 Å². The molecule has 3 amide bonds. The minimum Gasteiger partial charge on any atom is -0.343 e. The molecule has 0 aliphatic carbocycles. The number of nitrogens with zero attached hydrogens (tertiary/aromatic N) is 2. The van der Waals surface area contributed by atoms with Crippen molar-refractivity contribution in [2.75, 3.05) is 19.6 Å². The van der Waals surface area contributed by atoms with Gasteiger partial charge in [0.05, 0.1) is 0 Å². The molecule has 5 heteroatoms. The Labute approximate surface area is 154 Å². The van der Waals surface area contributed by atoms with Crippen LogP contribution < -0.4 is 0 Å². The molecule has 2 heterocycles. The lowest BCUT2D eigenvalue weighted by Gasteiger charge is -2.30. The van der Waals surface area contributed by atoms with Crippen LogP contribution >= 0.6 is 0 Å². The highest BCUT2D eigenvalue weighted by molar-refractivity contribution is 6.01. The summed E-state index contributed by atoms with van der Waals surface area (Å²) in [6, 6.07) is 0. The van der Waals surface area contributed by atoms with Gasteiger partial charge in [-0.25, -0.2) is 0 Å². The molecule has 0 aromatic carbocycles. The van der Waals surface area contributed by atoms with Gasteiger partial charge in [-0.2, -0.15) is 0 Å².